The molecule has 0 aliphatic carbocycles. The highest BCUT2D eigenvalue weighted by Gasteiger charge is 2.16. The zero-order valence-electron chi connectivity index (χ0n) is 13.2. The van der Waals surface area contributed by atoms with Gasteiger partial charge in [0.2, 0.25) is 0 Å². The second kappa shape index (κ2) is 7.05. The molecule has 2 aromatic carbocycles. The van der Waals surface area contributed by atoms with Crippen LogP contribution in [0.15, 0.2) is 48.5 Å². The van der Waals surface area contributed by atoms with Gasteiger partial charge < -0.3 is 10.5 Å². The molecule has 1 atom stereocenters. The average molecular weight is 296 g/mol. The van der Waals surface area contributed by atoms with Gasteiger partial charge in [-0.3, -0.25) is 4.90 Å². The lowest BCUT2D eigenvalue weighted by Gasteiger charge is -2.31. The predicted molar refractivity (Wildman–Crippen MR) is 90.5 cm³/mol. The molecule has 0 saturated carbocycles. The van der Waals surface area contributed by atoms with Crippen LogP contribution in [0.25, 0.3) is 11.1 Å². The highest BCUT2D eigenvalue weighted by Crippen LogP contribution is 2.24. The standard InChI is InChI=1S/C19H24N2O/c1-15-13-21(10-11-22-15)14-16-6-8-17(9-7-16)19-5-3-2-4-18(19)12-20/h2-9,15H,10-14,20H2,1H3. The third-order valence-corrected chi connectivity index (χ3v) is 4.23. The van der Waals surface area contributed by atoms with Crippen molar-refractivity contribution in [3.8, 4) is 11.1 Å². The van der Waals surface area contributed by atoms with Gasteiger partial charge in [0.1, 0.15) is 0 Å². The molecule has 1 heterocycles. The van der Waals surface area contributed by atoms with E-state index < -0.39 is 0 Å². The van der Waals surface area contributed by atoms with Crippen molar-refractivity contribution < 1.29 is 4.74 Å². The molecule has 1 unspecified atom stereocenters. The Morgan fingerprint density at radius 1 is 1.14 bits per heavy atom. The maximum Gasteiger partial charge on any atom is 0.0674 e. The van der Waals surface area contributed by atoms with E-state index in [1.54, 1.807) is 0 Å². The summed E-state index contributed by atoms with van der Waals surface area (Å²) >= 11 is 0. The van der Waals surface area contributed by atoms with Crippen LogP contribution in [0.3, 0.4) is 0 Å². The zero-order valence-corrected chi connectivity index (χ0v) is 13.2. The summed E-state index contributed by atoms with van der Waals surface area (Å²) in [5, 5.41) is 0. The van der Waals surface area contributed by atoms with Gasteiger partial charge in [-0.2, -0.15) is 0 Å². The molecule has 0 spiro atoms. The highest BCUT2D eigenvalue weighted by atomic mass is 16.5. The van der Waals surface area contributed by atoms with Gasteiger partial charge >= 0.3 is 0 Å². The van der Waals surface area contributed by atoms with Gasteiger partial charge in [-0.1, -0.05) is 48.5 Å². The lowest BCUT2D eigenvalue weighted by molar-refractivity contribution is -0.0212. The number of hydrogen-bond acceptors (Lipinski definition) is 3. The van der Waals surface area contributed by atoms with Gasteiger partial charge in [0.15, 0.2) is 0 Å². The minimum Gasteiger partial charge on any atom is -0.376 e. The van der Waals surface area contributed by atoms with E-state index in [0.29, 0.717) is 12.6 Å². The van der Waals surface area contributed by atoms with Crippen molar-refractivity contribution in [2.75, 3.05) is 19.7 Å². The Hall–Kier alpha value is -1.68. The monoisotopic (exact) mass is 296 g/mol. The molecule has 0 amide bonds. The number of morpholine rings is 1. The number of ether oxygens (including phenoxy) is 1. The first kappa shape index (κ1) is 15.2. The first-order valence-electron chi connectivity index (χ1n) is 7.97. The number of nitrogens with zero attached hydrogens (tertiary/aromatic N) is 1. The van der Waals surface area contributed by atoms with Crippen molar-refractivity contribution in [2.45, 2.75) is 26.1 Å². The van der Waals surface area contributed by atoms with Crippen LogP contribution in [-0.2, 0) is 17.8 Å². The molecule has 3 rings (SSSR count). The number of rotatable bonds is 4. The maximum atomic E-state index is 5.84. The Labute approximate surface area is 132 Å². The van der Waals surface area contributed by atoms with Crippen molar-refractivity contribution in [1.29, 1.82) is 0 Å². The summed E-state index contributed by atoms with van der Waals surface area (Å²) < 4.78 is 5.59. The molecular weight excluding hydrogens is 272 g/mol. The largest absolute Gasteiger partial charge is 0.376 e. The first-order valence-corrected chi connectivity index (χ1v) is 7.97. The SMILES string of the molecule is CC1CN(Cc2ccc(-c3ccccc3CN)cc2)CCO1. The molecule has 0 bridgehead atoms. The Bertz CT molecular complexity index is 609. The molecule has 1 aliphatic heterocycles. The summed E-state index contributed by atoms with van der Waals surface area (Å²) in [5.41, 5.74) is 10.8. The van der Waals surface area contributed by atoms with E-state index >= 15 is 0 Å². The third kappa shape index (κ3) is 3.55. The third-order valence-electron chi connectivity index (χ3n) is 4.23. The lowest BCUT2D eigenvalue weighted by Crippen LogP contribution is -2.40. The van der Waals surface area contributed by atoms with Crippen molar-refractivity contribution in [3.05, 3.63) is 59.7 Å². The van der Waals surface area contributed by atoms with Crippen molar-refractivity contribution in [3.63, 3.8) is 0 Å². The van der Waals surface area contributed by atoms with Crippen molar-refractivity contribution >= 4 is 0 Å². The number of nitrogens with two attached hydrogens (primary N) is 1. The average Bonchev–Trinajstić information content (AvgIpc) is 2.56. The van der Waals surface area contributed by atoms with Crippen molar-refractivity contribution in [1.82, 2.24) is 4.90 Å². The second-order valence-electron chi connectivity index (χ2n) is 5.97. The van der Waals surface area contributed by atoms with Gasteiger partial charge in [-0.15, -0.1) is 0 Å². The van der Waals surface area contributed by atoms with E-state index in [4.69, 9.17) is 10.5 Å². The molecule has 2 N–H and O–H groups in total. The van der Waals surface area contributed by atoms with Crippen LogP contribution in [0.5, 0.6) is 0 Å². The van der Waals surface area contributed by atoms with Gasteiger partial charge in [0.25, 0.3) is 0 Å². The minimum absolute atomic E-state index is 0.337. The Kier molecular flexibility index (Phi) is 4.88. The fourth-order valence-electron chi connectivity index (χ4n) is 3.06. The lowest BCUT2D eigenvalue weighted by atomic mass is 9.98. The van der Waals surface area contributed by atoms with E-state index in [-0.39, 0.29) is 0 Å². The maximum absolute atomic E-state index is 5.84. The van der Waals surface area contributed by atoms with Crippen LogP contribution in [0.2, 0.25) is 0 Å². The fraction of sp³-hybridized carbons (Fsp3) is 0.368. The van der Waals surface area contributed by atoms with Gasteiger partial charge in [-0.05, 0) is 29.2 Å². The predicted octanol–water partition coefficient (Wildman–Crippen LogP) is 3.03. The van der Waals surface area contributed by atoms with E-state index in [9.17, 15) is 0 Å². The first-order chi connectivity index (χ1) is 10.8. The number of hydrogen-bond donors (Lipinski definition) is 1. The summed E-state index contributed by atoms with van der Waals surface area (Å²) in [6.45, 7) is 6.57. The van der Waals surface area contributed by atoms with E-state index in [1.165, 1.54) is 22.3 Å². The molecular formula is C19H24N2O. The molecule has 0 aromatic heterocycles. The summed E-state index contributed by atoms with van der Waals surface area (Å²) in [7, 11) is 0. The topological polar surface area (TPSA) is 38.5 Å². The van der Waals surface area contributed by atoms with Crippen LogP contribution in [0.1, 0.15) is 18.1 Å². The fourth-order valence-corrected chi connectivity index (χ4v) is 3.06. The normalized spacial score (nSPS) is 19.3. The van der Waals surface area contributed by atoms with Gasteiger partial charge in [0, 0.05) is 26.2 Å². The van der Waals surface area contributed by atoms with E-state index in [0.717, 1.165) is 26.2 Å². The second-order valence-corrected chi connectivity index (χ2v) is 5.97. The molecule has 3 nitrogen and oxygen atoms in total. The summed E-state index contributed by atoms with van der Waals surface area (Å²) in [4.78, 5) is 2.46. The quantitative estimate of drug-likeness (QED) is 0.942. The molecule has 2 aromatic rings. The highest BCUT2D eigenvalue weighted by molar-refractivity contribution is 5.67. The van der Waals surface area contributed by atoms with E-state index in [2.05, 4.69) is 54.3 Å². The van der Waals surface area contributed by atoms with Gasteiger partial charge in [-0.25, -0.2) is 0 Å². The van der Waals surface area contributed by atoms with Gasteiger partial charge in [0.05, 0.1) is 12.7 Å². The molecule has 116 valence electrons. The van der Waals surface area contributed by atoms with Crippen molar-refractivity contribution in [2.24, 2.45) is 5.73 Å². The summed E-state index contributed by atoms with van der Waals surface area (Å²) in [6.07, 6.45) is 0.337. The molecule has 1 aliphatic rings. The smallest absolute Gasteiger partial charge is 0.0674 e. The molecule has 1 fully saturated rings. The Morgan fingerprint density at radius 3 is 2.64 bits per heavy atom. The van der Waals surface area contributed by atoms with Crippen LogP contribution < -0.4 is 5.73 Å². The van der Waals surface area contributed by atoms with Crippen LogP contribution in [0, 0.1) is 0 Å². The molecule has 22 heavy (non-hydrogen) atoms. The van der Waals surface area contributed by atoms with Crippen LogP contribution in [0.4, 0.5) is 0 Å². The zero-order chi connectivity index (χ0) is 15.4. The molecule has 3 heteroatoms. The molecule has 1 saturated heterocycles. The Balaban J connectivity index is 1.72. The van der Waals surface area contributed by atoms with Crippen LogP contribution >= 0.6 is 0 Å². The van der Waals surface area contributed by atoms with Crippen LogP contribution in [-0.4, -0.2) is 30.7 Å². The Morgan fingerprint density at radius 2 is 1.91 bits per heavy atom. The summed E-state index contributed by atoms with van der Waals surface area (Å²) in [5.74, 6) is 0. The number of benzene rings is 2. The van der Waals surface area contributed by atoms with E-state index in [1.807, 2.05) is 6.07 Å². The summed E-state index contributed by atoms with van der Waals surface area (Å²) in [6, 6.07) is 17.2. The molecule has 0 radical (unpaired) electrons. The minimum atomic E-state index is 0.337.